The van der Waals surface area contributed by atoms with E-state index in [1.54, 1.807) is 0 Å². The summed E-state index contributed by atoms with van der Waals surface area (Å²) in [7, 11) is -0.563. The number of hydrogen-bond donors (Lipinski definition) is 0. The smallest absolute Gasteiger partial charge is 0.513 e. The lowest BCUT2D eigenvalue weighted by Crippen LogP contribution is -2.26. The van der Waals surface area contributed by atoms with Crippen LogP contribution in [0.25, 0.3) is 0 Å². The Morgan fingerprint density at radius 2 is 2.25 bits per heavy atom. The fraction of sp³-hybridized carbons (Fsp3) is 0.750. The van der Waals surface area contributed by atoms with E-state index in [1.807, 2.05) is 20.8 Å². The average molecular weight is 170 g/mol. The van der Waals surface area contributed by atoms with Crippen molar-refractivity contribution in [1.29, 1.82) is 0 Å². The molecule has 0 aromatic carbocycles. The highest BCUT2D eigenvalue weighted by Gasteiger charge is 2.43. The molecule has 0 spiro atoms. The van der Waals surface area contributed by atoms with Crippen LogP contribution in [0.4, 0.5) is 0 Å². The Labute approximate surface area is 73.9 Å². The third-order valence-electron chi connectivity index (χ3n) is 1.76. The lowest BCUT2D eigenvalue weighted by atomic mass is 10.1. The second kappa shape index (κ2) is 3.50. The van der Waals surface area contributed by atoms with Crippen LogP contribution in [0.15, 0.2) is 12.3 Å². The molecular weight excluding hydrogens is 155 g/mol. The molecule has 0 saturated carbocycles. The molecule has 1 heterocycles. The molecule has 1 rings (SSSR count). The zero-order chi connectivity index (χ0) is 9.19. The molecular formula is C8H15BO3. The maximum absolute atomic E-state index is 5.42. The molecule has 1 aliphatic heterocycles. The van der Waals surface area contributed by atoms with Crippen molar-refractivity contribution in [2.75, 3.05) is 6.61 Å². The van der Waals surface area contributed by atoms with Gasteiger partial charge in [0, 0.05) is 6.61 Å². The van der Waals surface area contributed by atoms with Crippen molar-refractivity contribution in [3.63, 3.8) is 0 Å². The van der Waals surface area contributed by atoms with Crippen LogP contribution >= 0.6 is 0 Å². The lowest BCUT2D eigenvalue weighted by molar-refractivity contribution is 0.117. The quantitative estimate of drug-likeness (QED) is 0.603. The molecule has 0 amide bonds. The van der Waals surface area contributed by atoms with Crippen LogP contribution in [0.1, 0.15) is 27.2 Å². The van der Waals surface area contributed by atoms with E-state index in [2.05, 4.69) is 6.58 Å². The van der Waals surface area contributed by atoms with Gasteiger partial charge >= 0.3 is 7.32 Å². The van der Waals surface area contributed by atoms with Gasteiger partial charge in [0.2, 0.25) is 0 Å². The van der Waals surface area contributed by atoms with Gasteiger partial charge in [0.15, 0.2) is 0 Å². The molecule has 1 saturated heterocycles. The first-order valence-electron chi connectivity index (χ1n) is 4.21. The van der Waals surface area contributed by atoms with Gasteiger partial charge in [-0.15, -0.1) is 0 Å². The SMILES string of the molecule is C=C1OB(OCCC)OC1(C)C. The Kier molecular flexibility index (Phi) is 2.80. The maximum Gasteiger partial charge on any atom is 0.713 e. The van der Waals surface area contributed by atoms with E-state index in [0.717, 1.165) is 6.42 Å². The van der Waals surface area contributed by atoms with E-state index >= 15 is 0 Å². The summed E-state index contributed by atoms with van der Waals surface area (Å²) in [6.45, 7) is 10.2. The Bertz CT molecular complexity index is 179. The van der Waals surface area contributed by atoms with Gasteiger partial charge in [0.25, 0.3) is 0 Å². The minimum absolute atomic E-state index is 0.418. The van der Waals surface area contributed by atoms with Gasteiger partial charge in [-0.1, -0.05) is 13.5 Å². The fourth-order valence-electron chi connectivity index (χ4n) is 0.871. The summed E-state index contributed by atoms with van der Waals surface area (Å²) in [5.41, 5.74) is -0.418. The maximum atomic E-state index is 5.42. The highest BCUT2D eigenvalue weighted by Crippen LogP contribution is 2.29. The molecule has 0 radical (unpaired) electrons. The molecule has 0 atom stereocenters. The third kappa shape index (κ3) is 2.02. The second-order valence-electron chi connectivity index (χ2n) is 3.33. The third-order valence-corrected chi connectivity index (χ3v) is 1.76. The molecule has 0 N–H and O–H groups in total. The molecule has 0 aromatic rings. The highest BCUT2D eigenvalue weighted by molar-refractivity contribution is 6.38. The predicted octanol–water partition coefficient (Wildman–Crippen LogP) is 1.74. The molecule has 4 heteroatoms. The molecule has 0 unspecified atom stereocenters. The van der Waals surface area contributed by atoms with Crippen molar-refractivity contribution in [2.24, 2.45) is 0 Å². The second-order valence-corrected chi connectivity index (χ2v) is 3.33. The van der Waals surface area contributed by atoms with E-state index in [0.29, 0.717) is 12.4 Å². The van der Waals surface area contributed by atoms with Crippen LogP contribution in [-0.4, -0.2) is 19.5 Å². The standard InChI is InChI=1S/C8H15BO3/c1-5-6-10-9-11-7(2)8(3,4)12-9/h2,5-6H2,1,3-4H3. The van der Waals surface area contributed by atoms with Crippen molar-refractivity contribution in [3.05, 3.63) is 12.3 Å². The van der Waals surface area contributed by atoms with Crippen LogP contribution in [0.3, 0.4) is 0 Å². The monoisotopic (exact) mass is 170 g/mol. The van der Waals surface area contributed by atoms with E-state index in [4.69, 9.17) is 14.0 Å². The van der Waals surface area contributed by atoms with E-state index in [1.165, 1.54) is 0 Å². The molecule has 68 valence electrons. The Hall–Kier alpha value is -0.475. The molecule has 0 bridgehead atoms. The van der Waals surface area contributed by atoms with Gasteiger partial charge in [-0.2, -0.15) is 0 Å². The van der Waals surface area contributed by atoms with Crippen LogP contribution in [0.2, 0.25) is 0 Å². The number of rotatable bonds is 3. The zero-order valence-electron chi connectivity index (χ0n) is 7.92. The van der Waals surface area contributed by atoms with Crippen molar-refractivity contribution in [1.82, 2.24) is 0 Å². The Balaban J connectivity index is 2.39. The molecule has 1 fully saturated rings. The van der Waals surface area contributed by atoms with Crippen molar-refractivity contribution >= 4 is 7.32 Å². The highest BCUT2D eigenvalue weighted by atomic mass is 16.8. The van der Waals surface area contributed by atoms with Crippen LogP contribution in [0.5, 0.6) is 0 Å². The Morgan fingerprint density at radius 1 is 1.58 bits per heavy atom. The molecule has 1 aliphatic rings. The number of hydrogen-bond acceptors (Lipinski definition) is 3. The van der Waals surface area contributed by atoms with Crippen LogP contribution in [-0.2, 0) is 14.0 Å². The minimum Gasteiger partial charge on any atom is -0.513 e. The first kappa shape index (κ1) is 9.61. The normalized spacial score (nSPS) is 21.2. The summed E-state index contributed by atoms with van der Waals surface area (Å²) in [5, 5.41) is 0. The van der Waals surface area contributed by atoms with Gasteiger partial charge in [-0.05, 0) is 20.3 Å². The molecule has 0 aliphatic carbocycles. The van der Waals surface area contributed by atoms with Gasteiger partial charge in [-0.25, -0.2) is 0 Å². The van der Waals surface area contributed by atoms with Gasteiger partial charge in [0.05, 0.1) is 0 Å². The van der Waals surface area contributed by atoms with Crippen molar-refractivity contribution in [2.45, 2.75) is 32.8 Å². The zero-order valence-corrected chi connectivity index (χ0v) is 7.92. The lowest BCUT2D eigenvalue weighted by Gasteiger charge is -2.14. The van der Waals surface area contributed by atoms with Gasteiger partial charge < -0.3 is 14.0 Å². The minimum atomic E-state index is -0.563. The van der Waals surface area contributed by atoms with E-state index in [-0.39, 0.29) is 0 Å². The summed E-state index contributed by atoms with van der Waals surface area (Å²) in [4.78, 5) is 0. The van der Waals surface area contributed by atoms with Gasteiger partial charge in [0.1, 0.15) is 11.4 Å². The summed E-state index contributed by atoms with van der Waals surface area (Å²) in [6, 6.07) is 0. The molecule has 3 nitrogen and oxygen atoms in total. The summed E-state index contributed by atoms with van der Waals surface area (Å²) in [6.07, 6.45) is 0.954. The summed E-state index contributed by atoms with van der Waals surface area (Å²) < 4.78 is 15.9. The summed E-state index contributed by atoms with van der Waals surface area (Å²) in [5.74, 6) is 0.628. The first-order valence-corrected chi connectivity index (χ1v) is 4.21. The largest absolute Gasteiger partial charge is 0.713 e. The first-order chi connectivity index (χ1) is 5.56. The van der Waals surface area contributed by atoms with Crippen molar-refractivity contribution < 1.29 is 14.0 Å². The van der Waals surface area contributed by atoms with Crippen molar-refractivity contribution in [3.8, 4) is 0 Å². The topological polar surface area (TPSA) is 27.7 Å². The predicted molar refractivity (Wildman–Crippen MR) is 47.4 cm³/mol. The summed E-state index contributed by atoms with van der Waals surface area (Å²) >= 11 is 0. The van der Waals surface area contributed by atoms with E-state index < -0.39 is 12.9 Å². The van der Waals surface area contributed by atoms with Crippen LogP contribution in [0, 0.1) is 0 Å². The van der Waals surface area contributed by atoms with Crippen LogP contribution < -0.4 is 0 Å². The fourth-order valence-corrected chi connectivity index (χ4v) is 0.871. The van der Waals surface area contributed by atoms with Gasteiger partial charge in [-0.3, -0.25) is 0 Å². The molecule has 0 aromatic heterocycles. The molecule has 12 heavy (non-hydrogen) atoms. The Morgan fingerprint density at radius 3 is 2.67 bits per heavy atom. The average Bonchev–Trinajstić information content (AvgIpc) is 2.22. The van der Waals surface area contributed by atoms with E-state index in [9.17, 15) is 0 Å².